The zero-order chi connectivity index (χ0) is 26.6. The fraction of sp³-hybridized carbons (Fsp3) is 0.840. The van der Waals surface area contributed by atoms with Crippen LogP contribution < -0.4 is 0 Å². The van der Waals surface area contributed by atoms with Crippen molar-refractivity contribution in [2.24, 2.45) is 0 Å². The Morgan fingerprint density at radius 3 is 1.71 bits per heavy atom. The van der Waals surface area contributed by atoms with Crippen LogP contribution in [0.15, 0.2) is 0 Å². The minimum atomic E-state index is -0.645. The summed E-state index contributed by atoms with van der Waals surface area (Å²) in [5.74, 6) is -0.180. The van der Waals surface area contributed by atoms with Gasteiger partial charge in [0, 0.05) is 24.2 Å². The molecule has 3 amide bonds. The highest BCUT2D eigenvalue weighted by molar-refractivity contribution is 7.82. The van der Waals surface area contributed by atoms with Crippen molar-refractivity contribution in [1.29, 1.82) is 0 Å². The number of thiocarbonyl (C=S) groups is 2. The van der Waals surface area contributed by atoms with Gasteiger partial charge in [-0.15, -0.1) is 0 Å². The van der Waals surface area contributed by atoms with E-state index >= 15 is 0 Å². The van der Waals surface area contributed by atoms with Crippen molar-refractivity contribution in [1.82, 2.24) is 19.6 Å². The molecule has 0 aromatic heterocycles. The van der Waals surface area contributed by atoms with Gasteiger partial charge in [0.05, 0.1) is 18.8 Å². The molecule has 0 aromatic rings. The van der Waals surface area contributed by atoms with Crippen molar-refractivity contribution >= 4 is 46.5 Å². The van der Waals surface area contributed by atoms with E-state index in [0.29, 0.717) is 51.6 Å². The fourth-order valence-electron chi connectivity index (χ4n) is 4.93. The molecule has 0 spiro atoms. The number of hydrogen-bond donors (Lipinski definition) is 2. The molecular formula is C25H44N4O4S2. The van der Waals surface area contributed by atoms with Gasteiger partial charge in [0.15, 0.2) is 5.11 Å². The summed E-state index contributed by atoms with van der Waals surface area (Å²) in [5.41, 5.74) is -0.907. The lowest BCUT2D eigenvalue weighted by molar-refractivity contribution is -0.129. The normalized spacial score (nSPS) is 19.4. The molecule has 2 atom stereocenters. The Hall–Kier alpha value is -1.36. The number of aliphatic hydroxyl groups is 2. The molecule has 0 aliphatic carbocycles. The van der Waals surface area contributed by atoms with E-state index in [0.717, 1.165) is 23.1 Å². The van der Waals surface area contributed by atoms with Crippen LogP contribution in [0.1, 0.15) is 86.5 Å². The van der Waals surface area contributed by atoms with Crippen LogP contribution in [0.3, 0.4) is 0 Å². The average molecular weight is 529 g/mol. The molecule has 0 saturated carbocycles. The summed E-state index contributed by atoms with van der Waals surface area (Å²) in [6.45, 7) is 14.0. The number of likely N-dealkylation sites (N-methyl/N-ethyl adjacent to an activating group) is 2. The maximum absolute atomic E-state index is 12.5. The third-order valence-electron chi connectivity index (χ3n) is 7.30. The van der Waals surface area contributed by atoms with Crippen LogP contribution in [-0.4, -0.2) is 101 Å². The highest BCUT2D eigenvalue weighted by Gasteiger charge is 2.44. The third kappa shape index (κ3) is 7.33. The van der Waals surface area contributed by atoms with E-state index in [1.807, 2.05) is 20.8 Å². The van der Waals surface area contributed by atoms with Crippen LogP contribution in [0.5, 0.6) is 0 Å². The molecule has 10 heteroatoms. The number of aliphatic hydroxyl groups excluding tert-OH is 2. The third-order valence-corrected chi connectivity index (χ3v) is 8.05. The van der Waals surface area contributed by atoms with Crippen LogP contribution in [0.25, 0.3) is 0 Å². The summed E-state index contributed by atoms with van der Waals surface area (Å²) in [6.07, 6.45) is 3.33. The van der Waals surface area contributed by atoms with Gasteiger partial charge in [-0.3, -0.25) is 9.69 Å². The van der Waals surface area contributed by atoms with E-state index in [1.54, 1.807) is 0 Å². The van der Waals surface area contributed by atoms with E-state index in [-0.39, 0.29) is 24.0 Å². The van der Waals surface area contributed by atoms with Crippen molar-refractivity contribution in [3.63, 3.8) is 0 Å². The Balaban J connectivity index is 1.73. The van der Waals surface area contributed by atoms with Crippen LogP contribution in [-0.2, 0) is 4.79 Å². The van der Waals surface area contributed by atoms with Gasteiger partial charge in [-0.05, 0) is 98.7 Å². The lowest BCUT2D eigenvalue weighted by Crippen LogP contribution is -2.48. The van der Waals surface area contributed by atoms with E-state index in [1.165, 1.54) is 9.80 Å². The molecule has 2 fully saturated rings. The number of carbonyl (C=O) groups excluding carboxylic acids is 2. The van der Waals surface area contributed by atoms with E-state index in [2.05, 4.69) is 30.6 Å². The molecule has 2 aliphatic heterocycles. The second-order valence-corrected chi connectivity index (χ2v) is 11.8. The van der Waals surface area contributed by atoms with Gasteiger partial charge in [0.1, 0.15) is 11.5 Å². The summed E-state index contributed by atoms with van der Waals surface area (Å²) < 4.78 is 0. The molecule has 2 unspecified atom stereocenters. The highest BCUT2D eigenvalue weighted by atomic mass is 32.1. The molecule has 35 heavy (non-hydrogen) atoms. The van der Waals surface area contributed by atoms with Gasteiger partial charge in [-0.2, -0.15) is 0 Å². The molecule has 2 rings (SSSR count). The minimum Gasteiger partial charge on any atom is -0.393 e. The van der Waals surface area contributed by atoms with Gasteiger partial charge in [-0.1, -0.05) is 12.2 Å². The molecule has 200 valence electrons. The molecule has 0 radical (unpaired) electrons. The smallest absolute Gasteiger partial charge is 0.327 e. The second kappa shape index (κ2) is 12.3. The number of urea groups is 1. The Labute approximate surface area is 221 Å². The Morgan fingerprint density at radius 2 is 1.29 bits per heavy atom. The summed E-state index contributed by atoms with van der Waals surface area (Å²) in [6, 6.07) is -0.249. The Morgan fingerprint density at radius 1 is 0.800 bits per heavy atom. The van der Waals surface area contributed by atoms with Gasteiger partial charge < -0.3 is 24.9 Å². The van der Waals surface area contributed by atoms with Gasteiger partial charge in [-0.25, -0.2) is 4.79 Å². The lowest BCUT2D eigenvalue weighted by atomic mass is 9.91. The maximum Gasteiger partial charge on any atom is 0.327 e. The molecule has 2 saturated heterocycles. The quantitative estimate of drug-likeness (QED) is 0.262. The first-order valence-electron chi connectivity index (χ1n) is 12.8. The highest BCUT2D eigenvalue weighted by Crippen LogP contribution is 2.30. The maximum atomic E-state index is 12.5. The van der Waals surface area contributed by atoms with Gasteiger partial charge in [0.2, 0.25) is 0 Å². The number of imide groups is 1. The number of rotatable bonds is 14. The molecule has 2 N–H and O–H groups in total. The molecule has 2 heterocycles. The first kappa shape index (κ1) is 29.9. The summed E-state index contributed by atoms with van der Waals surface area (Å²) >= 11 is 11.2. The summed E-state index contributed by atoms with van der Waals surface area (Å²) in [7, 11) is 0. The first-order valence-corrected chi connectivity index (χ1v) is 13.7. The average Bonchev–Trinajstić information content (AvgIpc) is 3.24. The summed E-state index contributed by atoms with van der Waals surface area (Å²) in [4.78, 5) is 32.7. The molecular weight excluding hydrogens is 484 g/mol. The minimum absolute atomic E-state index is 0.127. The van der Waals surface area contributed by atoms with E-state index in [9.17, 15) is 19.8 Å². The standard InChI is InChI=1S/C25H44N4O4S2/c1-7-26-16-20(32)28(22(26)33)24(3,4)14-12-18(30)10-9-11-19(31)13-15-25(5,6)29-21(34)17-27(8-2)23(29)35/h18-19,30-31H,7-17H2,1-6H3. The van der Waals surface area contributed by atoms with Gasteiger partial charge >= 0.3 is 6.03 Å². The number of hydrogen-bond acceptors (Lipinski definition) is 6. The van der Waals surface area contributed by atoms with Crippen LogP contribution in [0.4, 0.5) is 4.79 Å². The predicted octanol–water partition coefficient (Wildman–Crippen LogP) is 3.53. The molecule has 0 aromatic carbocycles. The van der Waals surface area contributed by atoms with Crippen LogP contribution in [0.2, 0.25) is 0 Å². The Bertz CT molecular complexity index is 740. The topological polar surface area (TPSA) is 87.6 Å². The monoisotopic (exact) mass is 528 g/mol. The SMILES string of the molecule is CCN1CC(=O)N(C(C)(C)CCC(O)CCCC(O)CCC(C)(C)N2C(=S)CN(CC)C2=S)C1=O. The fourth-order valence-corrected chi connectivity index (χ4v) is 6.03. The van der Waals surface area contributed by atoms with Crippen molar-refractivity contribution in [3.05, 3.63) is 0 Å². The van der Waals surface area contributed by atoms with E-state index in [4.69, 9.17) is 24.4 Å². The Kier molecular flexibility index (Phi) is 10.5. The lowest BCUT2D eigenvalue weighted by Gasteiger charge is -2.37. The zero-order valence-corrected chi connectivity index (χ0v) is 23.9. The van der Waals surface area contributed by atoms with Crippen molar-refractivity contribution < 1.29 is 19.8 Å². The summed E-state index contributed by atoms with van der Waals surface area (Å²) in [5, 5.41) is 21.8. The number of amides is 3. The largest absolute Gasteiger partial charge is 0.393 e. The molecule has 2 aliphatic rings. The second-order valence-electron chi connectivity index (χ2n) is 11.0. The first-order chi connectivity index (χ1) is 16.2. The van der Waals surface area contributed by atoms with Crippen molar-refractivity contribution in [2.45, 2.75) is 110 Å². The van der Waals surface area contributed by atoms with Crippen molar-refractivity contribution in [3.8, 4) is 0 Å². The van der Waals surface area contributed by atoms with Crippen LogP contribution in [0, 0.1) is 0 Å². The molecule has 8 nitrogen and oxygen atoms in total. The number of nitrogens with zero attached hydrogens (tertiary/aromatic N) is 4. The predicted molar refractivity (Wildman–Crippen MR) is 146 cm³/mol. The molecule has 0 bridgehead atoms. The van der Waals surface area contributed by atoms with Crippen LogP contribution >= 0.6 is 24.4 Å². The van der Waals surface area contributed by atoms with E-state index < -0.39 is 17.7 Å². The zero-order valence-electron chi connectivity index (χ0n) is 22.2. The van der Waals surface area contributed by atoms with Crippen molar-refractivity contribution in [2.75, 3.05) is 26.2 Å². The number of carbonyl (C=O) groups is 2. The van der Waals surface area contributed by atoms with Gasteiger partial charge in [0.25, 0.3) is 5.91 Å².